The molecule has 2 aromatic heterocycles. The van der Waals surface area contributed by atoms with Gasteiger partial charge < -0.3 is 20.4 Å². The lowest BCUT2D eigenvalue weighted by Crippen LogP contribution is -2.36. The molecule has 118 valence electrons. The number of hydrogen-bond acceptors (Lipinski definition) is 4. The molecule has 1 aliphatic rings. The van der Waals surface area contributed by atoms with E-state index in [1.807, 2.05) is 39.1 Å². The van der Waals surface area contributed by atoms with E-state index in [4.69, 9.17) is 10.5 Å². The summed E-state index contributed by atoms with van der Waals surface area (Å²) in [6, 6.07) is 3.80. The first kappa shape index (κ1) is 14.8. The zero-order valence-corrected chi connectivity index (χ0v) is 13.2. The number of carbonyl (C=O) groups excluding carboxylic acids is 1. The first-order valence-electron chi connectivity index (χ1n) is 7.50. The van der Waals surface area contributed by atoms with E-state index >= 15 is 0 Å². The number of pyridine rings is 1. The number of amides is 1. The van der Waals surface area contributed by atoms with E-state index in [1.165, 1.54) is 0 Å². The summed E-state index contributed by atoms with van der Waals surface area (Å²) in [4.78, 5) is 21.6. The van der Waals surface area contributed by atoms with Crippen molar-refractivity contribution in [2.24, 2.45) is 5.73 Å². The SMILES string of the molecule is CC(C)(C)OC(=O)N1C[C@@H](N)[C@@H](c2nccc3[nH]ccc23)C1. The van der Waals surface area contributed by atoms with Gasteiger partial charge in [-0.1, -0.05) is 0 Å². The molecule has 0 radical (unpaired) electrons. The molecular weight excluding hydrogens is 280 g/mol. The molecule has 0 spiro atoms. The molecule has 3 heterocycles. The molecule has 1 fully saturated rings. The van der Waals surface area contributed by atoms with Crippen molar-refractivity contribution in [3.05, 3.63) is 30.2 Å². The Morgan fingerprint density at radius 1 is 1.41 bits per heavy atom. The van der Waals surface area contributed by atoms with Crippen LogP contribution < -0.4 is 5.73 Å². The van der Waals surface area contributed by atoms with Crippen molar-refractivity contribution in [2.45, 2.75) is 38.3 Å². The minimum atomic E-state index is -0.502. The van der Waals surface area contributed by atoms with Crippen LogP contribution in [0.1, 0.15) is 32.4 Å². The topological polar surface area (TPSA) is 84.2 Å². The Balaban J connectivity index is 1.82. The minimum Gasteiger partial charge on any atom is -0.444 e. The largest absolute Gasteiger partial charge is 0.444 e. The number of rotatable bonds is 1. The maximum Gasteiger partial charge on any atom is 0.410 e. The van der Waals surface area contributed by atoms with Gasteiger partial charge in [-0.3, -0.25) is 4.98 Å². The lowest BCUT2D eigenvalue weighted by atomic mass is 9.97. The molecule has 3 N–H and O–H groups in total. The summed E-state index contributed by atoms with van der Waals surface area (Å²) in [5.41, 5.74) is 7.74. The van der Waals surface area contributed by atoms with Gasteiger partial charge in [0.25, 0.3) is 0 Å². The molecule has 1 amide bonds. The number of fused-ring (bicyclic) bond motifs is 1. The number of likely N-dealkylation sites (tertiary alicyclic amines) is 1. The Morgan fingerprint density at radius 3 is 2.91 bits per heavy atom. The summed E-state index contributed by atoms with van der Waals surface area (Å²) in [5, 5.41) is 1.06. The zero-order chi connectivity index (χ0) is 15.9. The summed E-state index contributed by atoms with van der Waals surface area (Å²) >= 11 is 0. The second-order valence-electron chi connectivity index (χ2n) is 6.79. The van der Waals surface area contributed by atoms with Gasteiger partial charge in [-0.05, 0) is 32.9 Å². The van der Waals surface area contributed by atoms with E-state index in [0.29, 0.717) is 13.1 Å². The average Bonchev–Trinajstić information content (AvgIpc) is 3.02. The number of ether oxygens (including phenoxy) is 1. The van der Waals surface area contributed by atoms with Gasteiger partial charge in [0.05, 0.1) is 5.69 Å². The fourth-order valence-corrected chi connectivity index (χ4v) is 2.89. The molecule has 1 saturated heterocycles. The molecule has 3 rings (SSSR count). The molecule has 22 heavy (non-hydrogen) atoms. The van der Waals surface area contributed by atoms with E-state index in [2.05, 4.69) is 9.97 Å². The van der Waals surface area contributed by atoms with Gasteiger partial charge >= 0.3 is 6.09 Å². The van der Waals surface area contributed by atoms with Crippen molar-refractivity contribution in [3.63, 3.8) is 0 Å². The highest BCUT2D eigenvalue weighted by atomic mass is 16.6. The zero-order valence-electron chi connectivity index (χ0n) is 13.2. The number of carbonyl (C=O) groups is 1. The minimum absolute atomic E-state index is 0.0204. The van der Waals surface area contributed by atoms with Crippen molar-refractivity contribution in [1.82, 2.24) is 14.9 Å². The summed E-state index contributed by atoms with van der Waals surface area (Å²) in [7, 11) is 0. The van der Waals surface area contributed by atoms with E-state index in [1.54, 1.807) is 11.1 Å². The molecule has 0 unspecified atom stereocenters. The molecule has 2 atom stereocenters. The first-order chi connectivity index (χ1) is 10.3. The highest BCUT2D eigenvalue weighted by molar-refractivity contribution is 5.82. The van der Waals surface area contributed by atoms with Gasteiger partial charge in [0.15, 0.2) is 0 Å². The Morgan fingerprint density at radius 2 is 2.18 bits per heavy atom. The lowest BCUT2D eigenvalue weighted by Gasteiger charge is -2.24. The number of nitrogens with one attached hydrogen (secondary N) is 1. The third-order valence-corrected chi connectivity index (χ3v) is 3.88. The van der Waals surface area contributed by atoms with Crippen LogP contribution in [0.15, 0.2) is 24.5 Å². The Kier molecular flexibility index (Phi) is 3.56. The molecule has 6 heteroatoms. The van der Waals surface area contributed by atoms with Gasteiger partial charge in [0.2, 0.25) is 0 Å². The molecule has 1 aliphatic heterocycles. The van der Waals surface area contributed by atoms with E-state index in [9.17, 15) is 4.79 Å². The molecular formula is C16H22N4O2. The molecule has 6 nitrogen and oxygen atoms in total. The number of hydrogen-bond donors (Lipinski definition) is 2. The van der Waals surface area contributed by atoms with Crippen molar-refractivity contribution in [1.29, 1.82) is 0 Å². The van der Waals surface area contributed by atoms with Crippen LogP contribution in [0.2, 0.25) is 0 Å². The van der Waals surface area contributed by atoms with Crippen molar-refractivity contribution in [2.75, 3.05) is 13.1 Å². The average molecular weight is 302 g/mol. The number of aromatic amines is 1. The lowest BCUT2D eigenvalue weighted by molar-refractivity contribution is 0.0290. The van der Waals surface area contributed by atoms with Crippen LogP contribution in [0.3, 0.4) is 0 Å². The van der Waals surface area contributed by atoms with E-state index < -0.39 is 5.60 Å². The van der Waals surface area contributed by atoms with Crippen LogP contribution >= 0.6 is 0 Å². The van der Waals surface area contributed by atoms with Crippen LogP contribution in [0.4, 0.5) is 4.79 Å². The molecule has 0 aliphatic carbocycles. The Bertz CT molecular complexity index is 689. The predicted octanol–water partition coefficient (Wildman–Crippen LogP) is 2.22. The summed E-state index contributed by atoms with van der Waals surface area (Å²) in [6.45, 7) is 6.61. The molecule has 0 bridgehead atoms. The Labute approximate surface area is 129 Å². The Hall–Kier alpha value is -2.08. The molecule has 0 aromatic carbocycles. The van der Waals surface area contributed by atoms with E-state index in [0.717, 1.165) is 16.6 Å². The standard InChI is InChI=1S/C16H22N4O2/c1-16(2,3)22-15(21)20-8-11(12(17)9-20)14-10-4-6-18-13(10)5-7-19-14/h4-7,11-12,18H,8-9,17H2,1-3H3/t11-,12+/m0/s1. The summed E-state index contributed by atoms with van der Waals surface area (Å²) in [6.07, 6.45) is 3.35. The first-order valence-corrected chi connectivity index (χ1v) is 7.50. The van der Waals surface area contributed by atoms with Gasteiger partial charge in [-0.2, -0.15) is 0 Å². The van der Waals surface area contributed by atoms with Gasteiger partial charge in [0, 0.05) is 48.3 Å². The smallest absolute Gasteiger partial charge is 0.410 e. The fraction of sp³-hybridized carbons (Fsp3) is 0.500. The predicted molar refractivity (Wildman–Crippen MR) is 84.6 cm³/mol. The number of aromatic nitrogens is 2. The van der Waals surface area contributed by atoms with Crippen LogP contribution in [0.25, 0.3) is 10.9 Å². The maximum atomic E-state index is 12.2. The van der Waals surface area contributed by atoms with Crippen LogP contribution in [-0.2, 0) is 4.74 Å². The third-order valence-electron chi connectivity index (χ3n) is 3.88. The number of H-pyrrole nitrogens is 1. The van der Waals surface area contributed by atoms with E-state index in [-0.39, 0.29) is 18.1 Å². The van der Waals surface area contributed by atoms with Crippen LogP contribution in [0, 0.1) is 0 Å². The third kappa shape index (κ3) is 2.78. The monoisotopic (exact) mass is 302 g/mol. The highest BCUT2D eigenvalue weighted by Crippen LogP contribution is 2.30. The normalized spacial score (nSPS) is 22.3. The van der Waals surface area contributed by atoms with Gasteiger partial charge in [-0.25, -0.2) is 4.79 Å². The van der Waals surface area contributed by atoms with Gasteiger partial charge in [0.1, 0.15) is 5.60 Å². The van der Waals surface area contributed by atoms with Gasteiger partial charge in [-0.15, -0.1) is 0 Å². The second kappa shape index (κ2) is 5.28. The quantitative estimate of drug-likeness (QED) is 0.846. The second-order valence-corrected chi connectivity index (χ2v) is 6.79. The van der Waals surface area contributed by atoms with Crippen molar-refractivity contribution in [3.8, 4) is 0 Å². The number of nitrogens with two attached hydrogens (primary N) is 1. The summed E-state index contributed by atoms with van der Waals surface area (Å²) in [5.74, 6) is 0.0204. The number of nitrogens with zero attached hydrogens (tertiary/aromatic N) is 2. The van der Waals surface area contributed by atoms with Crippen LogP contribution in [0.5, 0.6) is 0 Å². The summed E-state index contributed by atoms with van der Waals surface area (Å²) < 4.78 is 5.43. The van der Waals surface area contributed by atoms with Crippen LogP contribution in [-0.4, -0.2) is 45.7 Å². The molecule has 0 saturated carbocycles. The highest BCUT2D eigenvalue weighted by Gasteiger charge is 2.37. The maximum absolute atomic E-state index is 12.2. The van der Waals surface area contributed by atoms with Crippen molar-refractivity contribution >= 4 is 17.0 Å². The fourth-order valence-electron chi connectivity index (χ4n) is 2.89. The van der Waals surface area contributed by atoms with Crippen molar-refractivity contribution < 1.29 is 9.53 Å². The molecule has 2 aromatic rings.